The number of amides is 1. The molecular weight excluding hydrogens is 262 g/mol. The number of carbonyl (C=O) groups excluding carboxylic acids is 1. The van der Waals surface area contributed by atoms with E-state index in [1.54, 1.807) is 0 Å². The molecule has 0 aliphatic heterocycles. The molecule has 1 N–H and O–H groups in total. The first-order valence-electron chi connectivity index (χ1n) is 8.29. The molecular formula is C18H27NO2. The number of carbonyl (C=O) groups is 1. The molecule has 2 rings (SSSR count). The van der Waals surface area contributed by atoms with E-state index in [0.29, 0.717) is 6.04 Å². The van der Waals surface area contributed by atoms with Gasteiger partial charge in [-0.05, 0) is 30.9 Å². The first-order chi connectivity index (χ1) is 10.3. The minimum Gasteiger partial charge on any atom is -0.483 e. The van der Waals surface area contributed by atoms with Crippen LogP contribution in [0.5, 0.6) is 5.75 Å². The largest absolute Gasteiger partial charge is 0.483 e. The van der Waals surface area contributed by atoms with Gasteiger partial charge >= 0.3 is 0 Å². The third-order valence-corrected chi connectivity index (χ3v) is 4.18. The zero-order chi connectivity index (χ0) is 14.9. The molecule has 1 aromatic rings. The molecule has 116 valence electrons. The van der Waals surface area contributed by atoms with Crippen molar-refractivity contribution in [2.45, 2.75) is 64.3 Å². The molecule has 0 saturated heterocycles. The summed E-state index contributed by atoms with van der Waals surface area (Å²) < 4.78 is 5.68. The highest BCUT2D eigenvalue weighted by atomic mass is 16.5. The molecule has 0 atom stereocenters. The Hall–Kier alpha value is -1.51. The van der Waals surface area contributed by atoms with Crippen molar-refractivity contribution in [2.24, 2.45) is 0 Å². The van der Waals surface area contributed by atoms with Crippen molar-refractivity contribution in [3.63, 3.8) is 0 Å². The molecule has 0 radical (unpaired) electrons. The third kappa shape index (κ3) is 5.41. The van der Waals surface area contributed by atoms with Gasteiger partial charge in [0.2, 0.25) is 0 Å². The lowest BCUT2D eigenvalue weighted by Crippen LogP contribution is -2.38. The maximum Gasteiger partial charge on any atom is 0.258 e. The van der Waals surface area contributed by atoms with Crippen LogP contribution in [-0.4, -0.2) is 18.6 Å². The van der Waals surface area contributed by atoms with E-state index in [0.717, 1.165) is 30.6 Å². The van der Waals surface area contributed by atoms with E-state index in [1.165, 1.54) is 32.1 Å². The second-order valence-corrected chi connectivity index (χ2v) is 5.86. The van der Waals surface area contributed by atoms with Crippen molar-refractivity contribution in [3.05, 3.63) is 29.8 Å². The van der Waals surface area contributed by atoms with Crippen LogP contribution in [0.15, 0.2) is 24.3 Å². The van der Waals surface area contributed by atoms with Gasteiger partial charge in [-0.3, -0.25) is 4.79 Å². The van der Waals surface area contributed by atoms with Crippen LogP contribution in [0.25, 0.3) is 0 Å². The highest BCUT2D eigenvalue weighted by Crippen LogP contribution is 2.19. The van der Waals surface area contributed by atoms with Crippen molar-refractivity contribution in [1.29, 1.82) is 0 Å². The molecule has 1 amide bonds. The number of hydrogen-bond donors (Lipinski definition) is 1. The zero-order valence-corrected chi connectivity index (χ0v) is 13.1. The van der Waals surface area contributed by atoms with E-state index in [1.807, 2.05) is 24.3 Å². The summed E-state index contributed by atoms with van der Waals surface area (Å²) >= 11 is 0. The van der Waals surface area contributed by atoms with Gasteiger partial charge in [0.1, 0.15) is 5.75 Å². The first-order valence-corrected chi connectivity index (χ1v) is 8.29. The molecule has 1 aliphatic carbocycles. The van der Waals surface area contributed by atoms with Crippen molar-refractivity contribution in [1.82, 2.24) is 5.32 Å². The molecule has 0 heterocycles. The number of rotatable bonds is 5. The number of hydrogen-bond acceptors (Lipinski definition) is 2. The Morgan fingerprint density at radius 1 is 1.14 bits per heavy atom. The van der Waals surface area contributed by atoms with Gasteiger partial charge < -0.3 is 10.1 Å². The van der Waals surface area contributed by atoms with E-state index in [4.69, 9.17) is 4.74 Å². The Morgan fingerprint density at radius 3 is 2.52 bits per heavy atom. The zero-order valence-electron chi connectivity index (χ0n) is 13.1. The van der Waals surface area contributed by atoms with E-state index in [9.17, 15) is 4.79 Å². The Bertz CT molecular complexity index is 437. The van der Waals surface area contributed by atoms with Crippen molar-refractivity contribution in [2.75, 3.05) is 6.61 Å². The average Bonchev–Trinajstić information content (AvgIpc) is 2.48. The van der Waals surface area contributed by atoms with Gasteiger partial charge in [0, 0.05) is 6.04 Å². The lowest BCUT2D eigenvalue weighted by Gasteiger charge is -2.21. The van der Waals surface area contributed by atoms with Gasteiger partial charge in [0.05, 0.1) is 0 Å². The van der Waals surface area contributed by atoms with Gasteiger partial charge in [0.15, 0.2) is 6.61 Å². The molecule has 3 heteroatoms. The van der Waals surface area contributed by atoms with Gasteiger partial charge in [-0.25, -0.2) is 0 Å². The van der Waals surface area contributed by atoms with Crippen molar-refractivity contribution in [3.8, 4) is 5.75 Å². The summed E-state index contributed by atoms with van der Waals surface area (Å²) in [6.45, 7) is 2.21. The van der Waals surface area contributed by atoms with E-state index in [2.05, 4.69) is 12.2 Å². The summed E-state index contributed by atoms with van der Waals surface area (Å²) in [6.07, 6.45) is 9.53. The van der Waals surface area contributed by atoms with Gasteiger partial charge in [-0.15, -0.1) is 0 Å². The maximum atomic E-state index is 12.0. The summed E-state index contributed by atoms with van der Waals surface area (Å²) in [4.78, 5) is 12.0. The van der Waals surface area contributed by atoms with Crippen LogP contribution in [0.4, 0.5) is 0 Å². The molecule has 21 heavy (non-hydrogen) atoms. The minimum atomic E-state index is 0.00600. The fourth-order valence-electron chi connectivity index (χ4n) is 2.95. The van der Waals surface area contributed by atoms with Crippen LogP contribution in [0, 0.1) is 0 Å². The van der Waals surface area contributed by atoms with Crippen LogP contribution in [-0.2, 0) is 11.2 Å². The third-order valence-electron chi connectivity index (χ3n) is 4.18. The number of para-hydroxylation sites is 1. The average molecular weight is 289 g/mol. The quantitative estimate of drug-likeness (QED) is 0.894. The monoisotopic (exact) mass is 289 g/mol. The standard InChI is InChI=1S/C18H27NO2/c1-2-15-10-8-9-13-17(15)21-14-18(20)19-16-11-6-4-3-5-7-12-16/h8-10,13,16H,2-7,11-12,14H2,1H3,(H,19,20). The van der Waals surface area contributed by atoms with Gasteiger partial charge in [-0.1, -0.05) is 57.2 Å². The van der Waals surface area contributed by atoms with Crippen molar-refractivity contribution >= 4 is 5.91 Å². The number of ether oxygens (including phenoxy) is 1. The minimum absolute atomic E-state index is 0.00600. The molecule has 0 aromatic heterocycles. The second kappa shape index (κ2) is 8.71. The fraction of sp³-hybridized carbons (Fsp3) is 0.611. The second-order valence-electron chi connectivity index (χ2n) is 5.86. The lowest BCUT2D eigenvalue weighted by atomic mass is 9.97. The molecule has 1 aliphatic rings. The smallest absolute Gasteiger partial charge is 0.258 e. The van der Waals surface area contributed by atoms with E-state index in [-0.39, 0.29) is 12.5 Å². The highest BCUT2D eigenvalue weighted by Gasteiger charge is 2.14. The maximum absolute atomic E-state index is 12.0. The number of aryl methyl sites for hydroxylation is 1. The molecule has 1 fully saturated rings. The van der Waals surface area contributed by atoms with Gasteiger partial charge in [-0.2, -0.15) is 0 Å². The summed E-state index contributed by atoms with van der Waals surface area (Å²) in [5.41, 5.74) is 1.15. The van der Waals surface area contributed by atoms with E-state index >= 15 is 0 Å². The molecule has 1 saturated carbocycles. The predicted octanol–water partition coefficient (Wildman–Crippen LogP) is 3.86. The normalized spacial score (nSPS) is 16.8. The van der Waals surface area contributed by atoms with Crippen LogP contribution in [0.3, 0.4) is 0 Å². The van der Waals surface area contributed by atoms with Crippen LogP contribution in [0.1, 0.15) is 57.4 Å². The number of benzene rings is 1. The Kier molecular flexibility index (Phi) is 6.58. The van der Waals surface area contributed by atoms with E-state index < -0.39 is 0 Å². The Labute approximate surface area is 128 Å². The molecule has 0 spiro atoms. The fourth-order valence-corrected chi connectivity index (χ4v) is 2.95. The summed E-state index contributed by atoms with van der Waals surface area (Å²) in [5, 5.41) is 3.13. The van der Waals surface area contributed by atoms with Crippen LogP contribution < -0.4 is 10.1 Å². The summed E-state index contributed by atoms with van der Waals surface area (Å²) in [5.74, 6) is 0.833. The summed E-state index contributed by atoms with van der Waals surface area (Å²) in [6, 6.07) is 8.26. The molecule has 0 bridgehead atoms. The lowest BCUT2D eigenvalue weighted by molar-refractivity contribution is -0.123. The predicted molar refractivity (Wildman–Crippen MR) is 85.6 cm³/mol. The topological polar surface area (TPSA) is 38.3 Å². The van der Waals surface area contributed by atoms with Crippen LogP contribution in [0.2, 0.25) is 0 Å². The molecule has 1 aromatic carbocycles. The van der Waals surface area contributed by atoms with Gasteiger partial charge in [0.25, 0.3) is 5.91 Å². The molecule has 3 nitrogen and oxygen atoms in total. The van der Waals surface area contributed by atoms with Crippen molar-refractivity contribution < 1.29 is 9.53 Å². The molecule has 0 unspecified atom stereocenters. The summed E-state index contributed by atoms with van der Waals surface area (Å²) in [7, 11) is 0. The first kappa shape index (κ1) is 15.9. The Balaban J connectivity index is 1.78. The highest BCUT2D eigenvalue weighted by molar-refractivity contribution is 5.77. The van der Waals surface area contributed by atoms with Crippen LogP contribution >= 0.6 is 0 Å². The number of nitrogens with one attached hydrogen (secondary N) is 1. The Morgan fingerprint density at radius 2 is 1.81 bits per heavy atom. The SMILES string of the molecule is CCc1ccccc1OCC(=O)NC1CCCCCCC1.